The molecule has 0 spiro atoms. The Morgan fingerprint density at radius 2 is 1.82 bits per heavy atom. The lowest BCUT2D eigenvalue weighted by Gasteiger charge is -2.37. The number of aryl methyl sites for hydroxylation is 2. The van der Waals surface area contributed by atoms with E-state index < -0.39 is 22.6 Å². The third-order valence-electron chi connectivity index (χ3n) is 10.2. The number of alkyl halides is 3. The summed E-state index contributed by atoms with van der Waals surface area (Å²) in [6, 6.07) is 10.4. The number of hydrogen-bond acceptors (Lipinski definition) is 9. The molecule has 3 aliphatic rings. The van der Waals surface area contributed by atoms with Crippen molar-refractivity contribution in [3.05, 3.63) is 51.8 Å². The molecule has 3 aromatic heterocycles. The first-order valence-corrected chi connectivity index (χ1v) is 19.3. The van der Waals surface area contributed by atoms with E-state index in [4.69, 9.17) is 0 Å². The maximum absolute atomic E-state index is 13.0. The Hall–Kier alpha value is -3.29. The van der Waals surface area contributed by atoms with Crippen molar-refractivity contribution in [3.63, 3.8) is 0 Å². The van der Waals surface area contributed by atoms with Gasteiger partial charge in [0.15, 0.2) is 0 Å². The van der Waals surface area contributed by atoms with Crippen molar-refractivity contribution in [1.29, 1.82) is 5.26 Å². The molecule has 10 nitrogen and oxygen atoms in total. The van der Waals surface area contributed by atoms with Gasteiger partial charge in [-0.2, -0.15) is 22.7 Å². The Balaban J connectivity index is 0.999. The van der Waals surface area contributed by atoms with Gasteiger partial charge in [-0.25, -0.2) is 18.4 Å². The maximum Gasteiger partial charge on any atom is 0.393 e. The molecule has 1 aliphatic carbocycles. The molecule has 1 saturated carbocycles. The first-order valence-electron chi connectivity index (χ1n) is 16.9. The average Bonchev–Trinajstić information content (AvgIpc) is 3.69. The second-order valence-electron chi connectivity index (χ2n) is 13.8. The molecule has 3 fully saturated rings. The van der Waals surface area contributed by atoms with Gasteiger partial charge in [-0.15, -0.1) is 11.3 Å². The molecule has 0 unspecified atom stereocenters. The highest BCUT2D eigenvalue weighted by molar-refractivity contribution is 7.89. The summed E-state index contributed by atoms with van der Waals surface area (Å²) in [5, 5.41) is 15.2. The molecule has 262 valence electrons. The van der Waals surface area contributed by atoms with Gasteiger partial charge in [0, 0.05) is 73.2 Å². The number of piperidine rings is 1. The van der Waals surface area contributed by atoms with E-state index in [9.17, 15) is 26.9 Å². The number of anilines is 1. The maximum atomic E-state index is 13.0. The summed E-state index contributed by atoms with van der Waals surface area (Å²) in [4.78, 5) is 14.1. The van der Waals surface area contributed by atoms with Crippen molar-refractivity contribution >= 4 is 48.3 Å². The topological polar surface area (TPSA) is 110 Å². The zero-order chi connectivity index (χ0) is 34.7. The Bertz CT molecular complexity index is 2020. The summed E-state index contributed by atoms with van der Waals surface area (Å²) in [7, 11) is -3.32. The van der Waals surface area contributed by atoms with Crippen LogP contribution in [0.15, 0.2) is 24.3 Å². The van der Waals surface area contributed by atoms with E-state index in [1.807, 2.05) is 22.5 Å². The van der Waals surface area contributed by atoms with Crippen LogP contribution in [-0.2, 0) is 29.5 Å². The van der Waals surface area contributed by atoms with Gasteiger partial charge in [0.25, 0.3) is 0 Å². The van der Waals surface area contributed by atoms with Crippen LogP contribution < -0.4 is 5.32 Å². The lowest BCUT2D eigenvalue weighted by molar-refractivity contribution is -0.126. The molecule has 2 saturated heterocycles. The summed E-state index contributed by atoms with van der Waals surface area (Å²) >= 11 is 1.07. The molecule has 1 atom stereocenters. The van der Waals surface area contributed by atoms with Gasteiger partial charge < -0.3 is 9.88 Å². The van der Waals surface area contributed by atoms with Crippen LogP contribution in [0.5, 0.6) is 0 Å². The average molecular weight is 715 g/mol. The van der Waals surface area contributed by atoms with E-state index in [1.54, 1.807) is 17.3 Å². The third kappa shape index (κ3) is 7.30. The van der Waals surface area contributed by atoms with Crippen LogP contribution in [0.1, 0.15) is 60.1 Å². The van der Waals surface area contributed by atoms with Crippen molar-refractivity contribution in [2.24, 2.45) is 0 Å². The highest BCUT2D eigenvalue weighted by Crippen LogP contribution is 2.35. The molecule has 5 heterocycles. The molecule has 15 heteroatoms. The van der Waals surface area contributed by atoms with Crippen LogP contribution >= 0.6 is 11.3 Å². The Kier molecular flexibility index (Phi) is 9.15. The molecule has 7 rings (SSSR count). The molecular weight excluding hydrogens is 674 g/mol. The molecule has 1 N–H and O–H groups in total. The fourth-order valence-electron chi connectivity index (χ4n) is 7.34. The second kappa shape index (κ2) is 13.1. The van der Waals surface area contributed by atoms with Gasteiger partial charge in [-0.05, 0) is 75.8 Å². The monoisotopic (exact) mass is 714 g/mol. The molecule has 0 radical (unpaired) electrons. The molecule has 2 aliphatic heterocycles. The highest BCUT2D eigenvalue weighted by atomic mass is 32.2. The van der Waals surface area contributed by atoms with Crippen LogP contribution in [0.25, 0.3) is 21.1 Å². The van der Waals surface area contributed by atoms with Crippen molar-refractivity contribution in [2.75, 3.05) is 37.4 Å². The fraction of sp³-hybridized carbons (Fsp3) is 0.559. The number of thiophene rings is 1. The number of nitrogens with one attached hydrogen (secondary N) is 1. The SMILES string of the molecule is Cc1nc(NC2CCN(Cc3ccc4c(cc(C#N)n4C[C@H](C)N4CCN(C5CC5)S(=O)(=O)C4)c3C)CC2)c2cc(CC(F)(F)F)sc2n1. The van der Waals surface area contributed by atoms with Crippen LogP contribution in [0.3, 0.4) is 0 Å². The highest BCUT2D eigenvalue weighted by Gasteiger charge is 2.41. The van der Waals surface area contributed by atoms with E-state index in [1.165, 1.54) is 5.56 Å². The summed E-state index contributed by atoms with van der Waals surface area (Å²) in [6.07, 6.45) is -1.61. The number of nitrogens with zero attached hydrogens (tertiary/aromatic N) is 7. The van der Waals surface area contributed by atoms with E-state index in [-0.39, 0.29) is 28.9 Å². The number of fused-ring (bicyclic) bond motifs is 2. The number of sulfonamides is 1. The van der Waals surface area contributed by atoms with E-state index in [0.29, 0.717) is 47.2 Å². The van der Waals surface area contributed by atoms with Crippen LogP contribution in [0.2, 0.25) is 0 Å². The number of benzene rings is 1. The minimum atomic E-state index is -4.27. The number of nitriles is 1. The lowest BCUT2D eigenvalue weighted by atomic mass is 10.0. The molecular formula is C34H41F3N8O2S2. The van der Waals surface area contributed by atoms with Crippen LogP contribution in [0, 0.1) is 25.2 Å². The largest absolute Gasteiger partial charge is 0.393 e. The lowest BCUT2D eigenvalue weighted by Crippen LogP contribution is -2.53. The Morgan fingerprint density at radius 1 is 1.06 bits per heavy atom. The van der Waals surface area contributed by atoms with Crippen molar-refractivity contribution in [1.82, 2.24) is 28.6 Å². The first kappa shape index (κ1) is 34.2. The second-order valence-corrected chi connectivity index (χ2v) is 16.8. The number of halogens is 3. The molecule has 1 aromatic carbocycles. The number of hydrogen-bond donors (Lipinski definition) is 1. The summed E-state index contributed by atoms with van der Waals surface area (Å²) < 4.78 is 68.7. The van der Waals surface area contributed by atoms with Crippen LogP contribution in [-0.4, -0.2) is 93.4 Å². The molecule has 4 aromatic rings. The minimum Gasteiger partial charge on any atom is -0.367 e. The Labute approximate surface area is 288 Å². The Morgan fingerprint density at radius 3 is 2.49 bits per heavy atom. The van der Waals surface area contributed by atoms with Crippen molar-refractivity contribution < 1.29 is 21.6 Å². The smallest absolute Gasteiger partial charge is 0.367 e. The summed E-state index contributed by atoms with van der Waals surface area (Å²) in [5.74, 6) is 1.14. The zero-order valence-corrected chi connectivity index (χ0v) is 29.6. The summed E-state index contributed by atoms with van der Waals surface area (Å²) in [5.41, 5.74) is 3.87. The predicted octanol–water partition coefficient (Wildman–Crippen LogP) is 5.77. The molecule has 0 bridgehead atoms. The molecule has 49 heavy (non-hydrogen) atoms. The number of aromatic nitrogens is 3. The predicted molar refractivity (Wildman–Crippen MR) is 185 cm³/mol. The number of likely N-dealkylation sites (tertiary alicyclic amines) is 1. The van der Waals surface area contributed by atoms with Gasteiger partial charge in [0.2, 0.25) is 10.0 Å². The van der Waals surface area contributed by atoms with Gasteiger partial charge in [0.1, 0.15) is 34.1 Å². The van der Waals surface area contributed by atoms with Gasteiger partial charge in [-0.1, -0.05) is 6.07 Å². The van der Waals surface area contributed by atoms with E-state index in [2.05, 4.69) is 45.3 Å². The fourth-order valence-corrected chi connectivity index (χ4v) is 10.4. The van der Waals surface area contributed by atoms with Gasteiger partial charge >= 0.3 is 6.18 Å². The quantitative estimate of drug-likeness (QED) is 0.233. The third-order valence-corrected chi connectivity index (χ3v) is 13.0. The molecule has 0 amide bonds. The zero-order valence-electron chi connectivity index (χ0n) is 27.9. The minimum absolute atomic E-state index is 0.0149. The normalized spacial score (nSPS) is 20.6. The first-order chi connectivity index (χ1) is 23.3. The van der Waals surface area contributed by atoms with Crippen molar-refractivity contribution in [2.45, 2.75) is 90.3 Å². The van der Waals surface area contributed by atoms with Crippen molar-refractivity contribution in [3.8, 4) is 6.07 Å². The standard InChI is InChI=1S/C34H41F3N8O2S2/c1-21(43-12-13-45(26-5-6-26)49(46,47)20-43)18-44-27(17-38)14-29-22(2)24(4-7-31(29)44)19-42-10-8-25(9-11-42)41-32-30-15-28(16-34(35,36)37)48-33(30)40-23(3)39-32/h4,7,14-15,21,25-26H,5-6,8-13,16,18-20H2,1-3H3,(H,39,40,41)/t21-/m0/s1. The summed E-state index contributed by atoms with van der Waals surface area (Å²) in [6.45, 7) is 10.1. The van der Waals surface area contributed by atoms with E-state index >= 15 is 0 Å². The number of rotatable bonds is 9. The van der Waals surface area contributed by atoms with E-state index in [0.717, 1.165) is 73.1 Å². The van der Waals surface area contributed by atoms with Gasteiger partial charge in [0.05, 0.1) is 11.8 Å². The van der Waals surface area contributed by atoms with Crippen LogP contribution in [0.4, 0.5) is 19.0 Å². The van der Waals surface area contributed by atoms with Gasteiger partial charge in [-0.3, -0.25) is 9.80 Å².